The van der Waals surface area contributed by atoms with Crippen LogP contribution >= 0.6 is 0 Å². The fourth-order valence-electron chi connectivity index (χ4n) is 3.90. The molecule has 5 heteroatoms. The molecule has 1 unspecified atom stereocenters. The molecule has 2 heterocycles. The average Bonchev–Trinajstić information content (AvgIpc) is 2.66. The number of fused-ring (bicyclic) bond motifs is 3. The summed E-state index contributed by atoms with van der Waals surface area (Å²) in [7, 11) is 1.64. The molecule has 1 atom stereocenters. The fraction of sp³-hybridized carbons (Fsp3) is 0.478. The summed E-state index contributed by atoms with van der Waals surface area (Å²) in [6.45, 7) is 9.31. The minimum Gasteiger partial charge on any atom is -0.493 e. The molecule has 5 nitrogen and oxygen atoms in total. The number of unbranched alkanes of at least 4 members (excludes halogenated alkanes) is 1. The molecule has 3 rings (SSSR count). The molecule has 0 radical (unpaired) electrons. The van der Waals surface area contributed by atoms with Crippen molar-refractivity contribution < 1.29 is 14.6 Å². The smallest absolute Gasteiger partial charge is 0.339 e. The van der Waals surface area contributed by atoms with E-state index in [0.717, 1.165) is 48.4 Å². The summed E-state index contributed by atoms with van der Waals surface area (Å²) in [5, 5.41) is 10.1. The molecule has 0 saturated heterocycles. The summed E-state index contributed by atoms with van der Waals surface area (Å²) in [6, 6.07) is 6.44. The number of carboxylic acids is 1. The zero-order valence-corrected chi connectivity index (χ0v) is 17.5. The Bertz CT molecular complexity index is 957. The first-order chi connectivity index (χ1) is 13.4. The molecule has 0 bridgehead atoms. The van der Waals surface area contributed by atoms with E-state index in [1.165, 1.54) is 5.56 Å². The topological polar surface area (TPSA) is 63.8 Å². The first-order valence-corrected chi connectivity index (χ1v) is 10.1. The van der Waals surface area contributed by atoms with Crippen LogP contribution in [0.2, 0.25) is 0 Å². The normalized spacial score (nSPS) is 16.1. The van der Waals surface area contributed by atoms with Gasteiger partial charge < -0.3 is 14.4 Å². The van der Waals surface area contributed by atoms with Crippen molar-refractivity contribution in [3.8, 4) is 17.0 Å². The lowest BCUT2D eigenvalue weighted by Gasteiger charge is -2.34. The largest absolute Gasteiger partial charge is 0.493 e. The molecule has 1 N–H and O–H groups in total. The molecular weight excluding hydrogens is 352 g/mol. The Morgan fingerprint density at radius 2 is 2.11 bits per heavy atom. The Morgan fingerprint density at radius 3 is 2.71 bits per heavy atom. The number of hydrogen-bond donors (Lipinski definition) is 1. The minimum atomic E-state index is -0.944. The number of hydrogen-bond acceptors (Lipinski definition) is 3. The highest BCUT2D eigenvalue weighted by Gasteiger charge is 2.28. The Morgan fingerprint density at radius 1 is 1.36 bits per heavy atom. The van der Waals surface area contributed by atoms with Crippen molar-refractivity contribution >= 4 is 5.97 Å². The lowest BCUT2D eigenvalue weighted by atomic mass is 9.86. The van der Waals surface area contributed by atoms with Crippen LogP contribution < -0.4 is 10.1 Å². The molecule has 0 fully saturated rings. The summed E-state index contributed by atoms with van der Waals surface area (Å²) in [5.74, 6) is 0.375. The molecule has 28 heavy (non-hydrogen) atoms. The van der Waals surface area contributed by atoms with Crippen LogP contribution in [0.15, 0.2) is 29.4 Å². The van der Waals surface area contributed by atoms with Crippen LogP contribution in [-0.4, -0.2) is 29.3 Å². The molecule has 1 aromatic carbocycles. The van der Waals surface area contributed by atoms with E-state index < -0.39 is 5.97 Å². The molecular formula is C23H30N2O3. The Hall–Kier alpha value is -2.56. The molecule has 0 amide bonds. The lowest BCUT2D eigenvalue weighted by Crippen LogP contribution is -2.28. The second kappa shape index (κ2) is 8.21. The van der Waals surface area contributed by atoms with E-state index in [0.29, 0.717) is 11.3 Å². The fourth-order valence-corrected chi connectivity index (χ4v) is 3.90. The van der Waals surface area contributed by atoms with Crippen LogP contribution in [0.1, 0.15) is 61.1 Å². The quantitative estimate of drug-likeness (QED) is 0.741. The highest BCUT2D eigenvalue weighted by Crippen LogP contribution is 2.40. The maximum atomic E-state index is 11.7. The van der Waals surface area contributed by atoms with Gasteiger partial charge in [-0.3, -0.25) is 4.99 Å². The van der Waals surface area contributed by atoms with Gasteiger partial charge in [-0.05, 0) is 55.0 Å². The minimum absolute atomic E-state index is 0.192. The van der Waals surface area contributed by atoms with E-state index in [9.17, 15) is 9.90 Å². The van der Waals surface area contributed by atoms with Crippen molar-refractivity contribution in [3.05, 3.63) is 46.4 Å². The van der Waals surface area contributed by atoms with E-state index in [2.05, 4.69) is 49.4 Å². The number of aromatic nitrogens is 1. The molecule has 2 aromatic rings. The second-order valence-corrected chi connectivity index (χ2v) is 7.89. The SMILES string of the molecule is CCCCOc1cc2c(cc1C)-c1cc(=NC)c(C(=O)O)cn1C(C(C)C)C2. The van der Waals surface area contributed by atoms with Gasteiger partial charge in [-0.25, -0.2) is 4.79 Å². The third-order valence-corrected chi connectivity index (χ3v) is 5.56. The summed E-state index contributed by atoms with van der Waals surface area (Å²) >= 11 is 0. The first kappa shape index (κ1) is 20.2. The summed E-state index contributed by atoms with van der Waals surface area (Å²) in [6.07, 6.45) is 4.77. The number of benzene rings is 1. The van der Waals surface area contributed by atoms with E-state index in [4.69, 9.17) is 4.74 Å². The third kappa shape index (κ3) is 3.71. The van der Waals surface area contributed by atoms with Crippen molar-refractivity contribution in [1.29, 1.82) is 0 Å². The third-order valence-electron chi connectivity index (χ3n) is 5.56. The number of aromatic carboxylic acids is 1. The summed E-state index contributed by atoms with van der Waals surface area (Å²) < 4.78 is 8.15. The van der Waals surface area contributed by atoms with Crippen LogP contribution in [0, 0.1) is 12.8 Å². The van der Waals surface area contributed by atoms with Gasteiger partial charge >= 0.3 is 5.97 Å². The predicted octanol–water partition coefficient (Wildman–Crippen LogP) is 4.62. The molecule has 1 aliphatic rings. The monoisotopic (exact) mass is 382 g/mol. The van der Waals surface area contributed by atoms with Gasteiger partial charge in [0.25, 0.3) is 0 Å². The second-order valence-electron chi connectivity index (χ2n) is 7.89. The van der Waals surface area contributed by atoms with Gasteiger partial charge in [0.2, 0.25) is 0 Å². The molecule has 1 aromatic heterocycles. The summed E-state index contributed by atoms with van der Waals surface area (Å²) in [5.41, 5.74) is 4.76. The van der Waals surface area contributed by atoms with Crippen molar-refractivity contribution in [3.63, 3.8) is 0 Å². The first-order valence-electron chi connectivity index (χ1n) is 10.1. The van der Waals surface area contributed by atoms with Crippen molar-refractivity contribution in [2.75, 3.05) is 13.7 Å². The van der Waals surface area contributed by atoms with Gasteiger partial charge in [-0.1, -0.05) is 27.2 Å². The summed E-state index contributed by atoms with van der Waals surface area (Å²) in [4.78, 5) is 15.9. The van der Waals surface area contributed by atoms with Gasteiger partial charge in [0.15, 0.2) is 0 Å². The number of carboxylic acid groups (broad SMARTS) is 1. The zero-order valence-electron chi connectivity index (χ0n) is 17.5. The number of rotatable bonds is 6. The number of pyridine rings is 1. The van der Waals surface area contributed by atoms with Crippen LogP contribution in [0.4, 0.5) is 0 Å². The van der Waals surface area contributed by atoms with Crippen molar-refractivity contribution in [2.45, 2.75) is 53.0 Å². The number of aryl methyl sites for hydroxylation is 1. The van der Waals surface area contributed by atoms with E-state index in [-0.39, 0.29) is 11.6 Å². The number of nitrogens with zero attached hydrogens (tertiary/aromatic N) is 2. The lowest BCUT2D eigenvalue weighted by molar-refractivity contribution is 0.0693. The van der Waals surface area contributed by atoms with Crippen LogP contribution in [0.5, 0.6) is 5.75 Å². The molecule has 150 valence electrons. The maximum absolute atomic E-state index is 11.7. The Labute approximate surface area is 166 Å². The van der Waals surface area contributed by atoms with Crippen LogP contribution in [-0.2, 0) is 6.42 Å². The molecule has 0 saturated carbocycles. The molecule has 0 aliphatic carbocycles. The zero-order chi connectivity index (χ0) is 20.4. The maximum Gasteiger partial charge on any atom is 0.339 e. The van der Waals surface area contributed by atoms with Gasteiger partial charge in [0.05, 0.1) is 17.7 Å². The molecule has 1 aliphatic heterocycles. The Kier molecular flexibility index (Phi) is 5.92. The van der Waals surface area contributed by atoms with Gasteiger partial charge in [-0.15, -0.1) is 0 Å². The van der Waals surface area contributed by atoms with Crippen LogP contribution in [0.25, 0.3) is 11.3 Å². The van der Waals surface area contributed by atoms with Crippen LogP contribution in [0.3, 0.4) is 0 Å². The Balaban J connectivity index is 2.18. The standard InChI is InChI=1S/C23H30N2O3/c1-6-7-8-28-22-11-16-10-20(14(2)3)25-13-18(23(26)27)19(24-5)12-21(25)17(16)9-15(22)4/h9,11-14,20H,6-8,10H2,1-5H3,(H,26,27). The average molecular weight is 383 g/mol. The van der Waals surface area contributed by atoms with Gasteiger partial charge in [0, 0.05) is 24.8 Å². The van der Waals surface area contributed by atoms with Gasteiger partial charge in [-0.2, -0.15) is 0 Å². The van der Waals surface area contributed by atoms with Gasteiger partial charge in [0.1, 0.15) is 11.3 Å². The number of ether oxygens (including phenoxy) is 1. The van der Waals surface area contributed by atoms with Crippen molar-refractivity contribution in [1.82, 2.24) is 4.57 Å². The molecule has 0 spiro atoms. The van der Waals surface area contributed by atoms with E-state index in [1.54, 1.807) is 13.2 Å². The van der Waals surface area contributed by atoms with E-state index in [1.807, 2.05) is 6.07 Å². The number of carbonyl (C=O) groups is 1. The van der Waals surface area contributed by atoms with E-state index >= 15 is 0 Å². The predicted molar refractivity (Wildman–Crippen MR) is 111 cm³/mol. The highest BCUT2D eigenvalue weighted by molar-refractivity contribution is 5.87. The van der Waals surface area contributed by atoms with Crippen molar-refractivity contribution in [2.24, 2.45) is 10.9 Å². The highest BCUT2D eigenvalue weighted by atomic mass is 16.5.